The maximum Gasteiger partial charge on any atom is 0.169 e. The van der Waals surface area contributed by atoms with Crippen LogP contribution in [0, 0.1) is 6.92 Å². The second-order valence-electron chi connectivity index (χ2n) is 3.64. The van der Waals surface area contributed by atoms with E-state index in [4.69, 9.17) is 10.2 Å². The van der Waals surface area contributed by atoms with Crippen molar-refractivity contribution in [3.05, 3.63) is 56.4 Å². The van der Waals surface area contributed by atoms with Crippen LogP contribution in [-0.2, 0) is 0 Å². The molecule has 0 aliphatic heterocycles. The van der Waals surface area contributed by atoms with Gasteiger partial charge in [-0.2, -0.15) is 0 Å². The topological polar surface area (TPSA) is 39.2 Å². The molecule has 4 heteroatoms. The van der Waals surface area contributed by atoms with Crippen molar-refractivity contribution in [2.45, 2.75) is 13.0 Å². The molecule has 0 bridgehead atoms. The van der Waals surface area contributed by atoms with Gasteiger partial charge in [-0.15, -0.1) is 0 Å². The maximum atomic E-state index is 6.14. The molecule has 0 spiro atoms. The summed E-state index contributed by atoms with van der Waals surface area (Å²) in [5.74, 6) is 0.747. The highest BCUT2D eigenvalue weighted by molar-refractivity contribution is 9.10. The fourth-order valence-corrected chi connectivity index (χ4v) is 2.59. The first-order valence-electron chi connectivity index (χ1n) is 4.85. The van der Waals surface area contributed by atoms with Gasteiger partial charge in [0.1, 0.15) is 5.76 Å². The third-order valence-corrected chi connectivity index (χ3v) is 3.50. The minimum atomic E-state index is -0.249. The summed E-state index contributed by atoms with van der Waals surface area (Å²) in [4.78, 5) is 0. The molecule has 84 valence electrons. The molecule has 0 fully saturated rings. The van der Waals surface area contributed by atoms with E-state index in [1.54, 1.807) is 0 Å². The van der Waals surface area contributed by atoms with Gasteiger partial charge in [0, 0.05) is 4.47 Å². The number of halogens is 2. The minimum absolute atomic E-state index is 0.249. The molecule has 2 nitrogen and oxygen atoms in total. The van der Waals surface area contributed by atoms with Crippen molar-refractivity contribution in [3.63, 3.8) is 0 Å². The largest absolute Gasteiger partial charge is 0.452 e. The van der Waals surface area contributed by atoms with Crippen LogP contribution in [0.15, 0.2) is 43.9 Å². The monoisotopic (exact) mass is 343 g/mol. The molecule has 1 aromatic heterocycles. The first-order chi connectivity index (χ1) is 7.58. The second-order valence-corrected chi connectivity index (χ2v) is 5.28. The molecule has 1 atom stereocenters. The Kier molecular flexibility index (Phi) is 3.52. The molecule has 0 saturated carbocycles. The van der Waals surface area contributed by atoms with Gasteiger partial charge in [0.2, 0.25) is 0 Å². The predicted molar refractivity (Wildman–Crippen MR) is 71.3 cm³/mol. The molecule has 0 saturated heterocycles. The summed E-state index contributed by atoms with van der Waals surface area (Å²) in [5.41, 5.74) is 8.35. The molecule has 1 unspecified atom stereocenters. The van der Waals surface area contributed by atoms with Crippen molar-refractivity contribution in [1.82, 2.24) is 0 Å². The van der Waals surface area contributed by atoms with Crippen LogP contribution in [0.25, 0.3) is 0 Å². The summed E-state index contributed by atoms with van der Waals surface area (Å²) in [6, 6.07) is 9.57. The average molecular weight is 345 g/mol. The van der Waals surface area contributed by atoms with E-state index < -0.39 is 0 Å². The van der Waals surface area contributed by atoms with Crippen LogP contribution in [0.2, 0.25) is 0 Å². The van der Waals surface area contributed by atoms with E-state index in [0.29, 0.717) is 4.67 Å². The van der Waals surface area contributed by atoms with Crippen LogP contribution in [0.1, 0.15) is 22.9 Å². The van der Waals surface area contributed by atoms with E-state index in [-0.39, 0.29) is 6.04 Å². The zero-order valence-electron chi connectivity index (χ0n) is 8.71. The third-order valence-electron chi connectivity index (χ3n) is 2.39. The Morgan fingerprint density at radius 1 is 1.19 bits per heavy atom. The highest BCUT2D eigenvalue weighted by atomic mass is 79.9. The zero-order valence-corrected chi connectivity index (χ0v) is 11.9. The van der Waals surface area contributed by atoms with Crippen LogP contribution in [0.4, 0.5) is 0 Å². The Morgan fingerprint density at radius 3 is 2.50 bits per heavy atom. The Labute approximate surface area is 111 Å². The van der Waals surface area contributed by atoms with E-state index in [2.05, 4.69) is 31.9 Å². The summed E-state index contributed by atoms with van der Waals surface area (Å²) >= 11 is 6.79. The molecule has 16 heavy (non-hydrogen) atoms. The molecule has 1 aromatic carbocycles. The summed E-state index contributed by atoms with van der Waals surface area (Å²) in [6.07, 6.45) is 0. The van der Waals surface area contributed by atoms with Gasteiger partial charge in [0.15, 0.2) is 4.67 Å². The van der Waals surface area contributed by atoms with E-state index >= 15 is 0 Å². The van der Waals surface area contributed by atoms with Gasteiger partial charge in [-0.3, -0.25) is 0 Å². The van der Waals surface area contributed by atoms with Crippen LogP contribution >= 0.6 is 31.9 Å². The lowest BCUT2D eigenvalue weighted by Gasteiger charge is -2.11. The lowest BCUT2D eigenvalue weighted by molar-refractivity contribution is 0.470. The van der Waals surface area contributed by atoms with Crippen LogP contribution in [0.5, 0.6) is 0 Å². The molecule has 0 aliphatic carbocycles. The van der Waals surface area contributed by atoms with Crippen LogP contribution in [0.3, 0.4) is 0 Å². The number of rotatable bonds is 2. The number of nitrogens with two attached hydrogens (primary N) is 1. The molecule has 2 rings (SSSR count). The first-order valence-corrected chi connectivity index (χ1v) is 6.43. The van der Waals surface area contributed by atoms with Crippen molar-refractivity contribution < 1.29 is 4.42 Å². The van der Waals surface area contributed by atoms with Crippen LogP contribution < -0.4 is 5.73 Å². The highest BCUT2D eigenvalue weighted by Crippen LogP contribution is 2.29. The molecule has 0 amide bonds. The number of furan rings is 1. The van der Waals surface area contributed by atoms with E-state index in [9.17, 15) is 0 Å². The Morgan fingerprint density at radius 2 is 1.94 bits per heavy atom. The number of aryl methyl sites for hydroxylation is 1. The second kappa shape index (κ2) is 4.73. The Bertz CT molecular complexity index is 507. The normalized spacial score (nSPS) is 12.8. The van der Waals surface area contributed by atoms with E-state index in [1.807, 2.05) is 37.3 Å². The highest BCUT2D eigenvalue weighted by Gasteiger charge is 2.15. The van der Waals surface area contributed by atoms with Gasteiger partial charge in [-0.05, 0) is 52.2 Å². The van der Waals surface area contributed by atoms with Gasteiger partial charge >= 0.3 is 0 Å². The fraction of sp³-hybridized carbons (Fsp3) is 0.167. The Hall–Kier alpha value is -0.580. The zero-order chi connectivity index (χ0) is 11.7. The lowest BCUT2D eigenvalue weighted by Crippen LogP contribution is -2.11. The van der Waals surface area contributed by atoms with Gasteiger partial charge < -0.3 is 10.2 Å². The Balaban J connectivity index is 2.37. The van der Waals surface area contributed by atoms with Gasteiger partial charge in [-0.1, -0.05) is 28.1 Å². The number of hydrogen-bond donors (Lipinski definition) is 1. The summed E-state index contributed by atoms with van der Waals surface area (Å²) in [7, 11) is 0. The fourth-order valence-electron chi connectivity index (χ4n) is 1.53. The molecular formula is C12H11Br2NO. The SMILES string of the molecule is Cc1ccc(C(N)c2ccc(Br)o2)c(Br)c1. The van der Waals surface area contributed by atoms with Crippen molar-refractivity contribution in [2.75, 3.05) is 0 Å². The van der Waals surface area contributed by atoms with Crippen molar-refractivity contribution in [2.24, 2.45) is 5.73 Å². The molecule has 0 aliphatic rings. The number of hydrogen-bond acceptors (Lipinski definition) is 2. The van der Waals surface area contributed by atoms with E-state index in [1.165, 1.54) is 5.56 Å². The molecule has 1 heterocycles. The standard InChI is InChI=1S/C12H11Br2NO/c1-7-2-3-8(9(13)6-7)12(15)10-4-5-11(14)16-10/h2-6,12H,15H2,1H3. The van der Waals surface area contributed by atoms with Crippen molar-refractivity contribution in [3.8, 4) is 0 Å². The minimum Gasteiger partial charge on any atom is -0.452 e. The molecule has 2 aromatic rings. The smallest absolute Gasteiger partial charge is 0.169 e. The van der Waals surface area contributed by atoms with Gasteiger partial charge in [0.05, 0.1) is 6.04 Å². The average Bonchev–Trinajstić information content (AvgIpc) is 2.64. The number of benzene rings is 1. The first kappa shape index (κ1) is 11.9. The predicted octanol–water partition coefficient (Wildman–Crippen LogP) is 4.16. The van der Waals surface area contributed by atoms with Crippen LogP contribution in [-0.4, -0.2) is 0 Å². The van der Waals surface area contributed by atoms with Crippen molar-refractivity contribution >= 4 is 31.9 Å². The van der Waals surface area contributed by atoms with Gasteiger partial charge in [-0.25, -0.2) is 0 Å². The lowest BCUT2D eigenvalue weighted by atomic mass is 10.0. The maximum absolute atomic E-state index is 6.14. The van der Waals surface area contributed by atoms with Gasteiger partial charge in [0.25, 0.3) is 0 Å². The van der Waals surface area contributed by atoms with Crippen molar-refractivity contribution in [1.29, 1.82) is 0 Å². The summed E-state index contributed by atoms with van der Waals surface area (Å²) in [6.45, 7) is 2.05. The summed E-state index contributed by atoms with van der Waals surface area (Å²) in [5, 5.41) is 0. The van der Waals surface area contributed by atoms with E-state index in [0.717, 1.165) is 15.8 Å². The third kappa shape index (κ3) is 2.39. The molecular weight excluding hydrogens is 334 g/mol. The molecule has 0 radical (unpaired) electrons. The quantitative estimate of drug-likeness (QED) is 0.888. The molecule has 2 N–H and O–H groups in total. The summed E-state index contributed by atoms with van der Waals surface area (Å²) < 4.78 is 7.16.